The summed E-state index contributed by atoms with van der Waals surface area (Å²) in [6.45, 7) is 11.1. The van der Waals surface area contributed by atoms with Gasteiger partial charge in [0.05, 0.1) is 5.56 Å². The van der Waals surface area contributed by atoms with Crippen LogP contribution in [-0.2, 0) is 10.1 Å². The topological polar surface area (TPSA) is 80.7 Å². The molecule has 10 heteroatoms. The summed E-state index contributed by atoms with van der Waals surface area (Å²) < 4.78 is 92.7. The zero-order valence-corrected chi connectivity index (χ0v) is 19.2. The predicted molar refractivity (Wildman–Crippen MR) is 110 cm³/mol. The van der Waals surface area contributed by atoms with Gasteiger partial charge in [-0.3, -0.25) is 4.55 Å². The minimum absolute atomic E-state index is 0.00197. The van der Waals surface area contributed by atoms with Crippen molar-refractivity contribution in [3.8, 4) is 5.75 Å². The second kappa shape index (κ2) is 9.19. The van der Waals surface area contributed by atoms with Crippen LogP contribution >= 0.6 is 0 Å². The summed E-state index contributed by atoms with van der Waals surface area (Å²) in [6, 6.07) is 3.51. The van der Waals surface area contributed by atoms with Crippen LogP contribution in [0.5, 0.6) is 5.75 Å². The van der Waals surface area contributed by atoms with Crippen LogP contribution < -0.4 is 4.74 Å². The minimum atomic E-state index is -5.63. The summed E-state index contributed by atoms with van der Waals surface area (Å²) in [4.78, 5) is 10.8. The molecule has 0 bridgehead atoms. The van der Waals surface area contributed by atoms with Crippen molar-refractivity contribution in [1.29, 1.82) is 0 Å². The van der Waals surface area contributed by atoms with Gasteiger partial charge < -0.3 is 4.74 Å². The Morgan fingerprint density at radius 1 is 0.812 bits per heavy atom. The zero-order chi connectivity index (χ0) is 24.7. The van der Waals surface area contributed by atoms with Crippen molar-refractivity contribution in [3.63, 3.8) is 0 Å². The lowest BCUT2D eigenvalue weighted by molar-refractivity contribution is 0.0713. The van der Waals surface area contributed by atoms with Crippen LogP contribution in [0.1, 0.15) is 86.3 Å². The highest BCUT2D eigenvalue weighted by molar-refractivity contribution is 7.85. The molecule has 0 radical (unpaired) electrons. The molecule has 0 aliphatic carbocycles. The first-order valence-corrected chi connectivity index (χ1v) is 11.3. The highest BCUT2D eigenvalue weighted by Crippen LogP contribution is 2.36. The third kappa shape index (κ3) is 4.80. The SMILES string of the molecule is CC(C)c1cc(C(C)C)c(C(=O)Oc2c(F)c(F)c(S(=O)(=O)O)c(F)c2F)c(C(C)C)c1. The van der Waals surface area contributed by atoms with E-state index in [1.165, 1.54) is 0 Å². The highest BCUT2D eigenvalue weighted by atomic mass is 32.2. The van der Waals surface area contributed by atoms with Crippen LogP contribution in [0.3, 0.4) is 0 Å². The van der Waals surface area contributed by atoms with E-state index >= 15 is 0 Å². The number of hydrogen-bond donors (Lipinski definition) is 1. The Morgan fingerprint density at radius 3 is 1.53 bits per heavy atom. The van der Waals surface area contributed by atoms with Crippen LogP contribution in [0.2, 0.25) is 0 Å². The molecule has 0 saturated heterocycles. The number of ether oxygens (including phenoxy) is 1. The largest absolute Gasteiger partial charge is 0.416 e. The van der Waals surface area contributed by atoms with Crippen molar-refractivity contribution in [2.45, 2.75) is 64.2 Å². The van der Waals surface area contributed by atoms with E-state index in [2.05, 4.69) is 0 Å². The summed E-state index contributed by atoms with van der Waals surface area (Å²) in [5.74, 6) is -12.6. The van der Waals surface area contributed by atoms with Gasteiger partial charge in [0, 0.05) is 0 Å². The molecule has 0 spiro atoms. The van der Waals surface area contributed by atoms with E-state index < -0.39 is 50.0 Å². The molecule has 2 aromatic carbocycles. The maximum atomic E-state index is 14.4. The molecule has 0 unspecified atom stereocenters. The summed E-state index contributed by atoms with van der Waals surface area (Å²) in [6.07, 6.45) is 0. The number of rotatable bonds is 6. The van der Waals surface area contributed by atoms with Gasteiger partial charge in [0.2, 0.25) is 17.4 Å². The van der Waals surface area contributed by atoms with Crippen LogP contribution in [0, 0.1) is 23.3 Å². The molecule has 0 heterocycles. The highest BCUT2D eigenvalue weighted by Gasteiger charge is 2.35. The Hall–Kier alpha value is -2.46. The molecule has 1 N–H and O–H groups in total. The molecule has 0 atom stereocenters. The Labute approximate surface area is 184 Å². The zero-order valence-electron chi connectivity index (χ0n) is 18.4. The molecule has 2 rings (SSSR count). The predicted octanol–water partition coefficient (Wildman–Crippen LogP) is 6.08. The van der Waals surface area contributed by atoms with Gasteiger partial charge in [-0.05, 0) is 34.4 Å². The second-order valence-corrected chi connectivity index (χ2v) is 9.68. The van der Waals surface area contributed by atoms with Crippen LogP contribution in [0.4, 0.5) is 17.6 Å². The number of esters is 1. The fraction of sp³-hybridized carbons (Fsp3) is 0.409. The maximum Gasteiger partial charge on any atom is 0.344 e. The quantitative estimate of drug-likeness (QED) is 0.180. The molecular weight excluding hydrogens is 452 g/mol. The van der Waals surface area contributed by atoms with E-state index in [1.807, 2.05) is 13.8 Å². The Balaban J connectivity index is 2.74. The number of halogens is 4. The molecule has 5 nitrogen and oxygen atoms in total. The monoisotopic (exact) mass is 476 g/mol. The normalized spacial score (nSPS) is 12.2. The van der Waals surface area contributed by atoms with Crippen molar-refractivity contribution in [3.05, 3.63) is 57.7 Å². The van der Waals surface area contributed by atoms with Crippen molar-refractivity contribution in [1.82, 2.24) is 0 Å². The van der Waals surface area contributed by atoms with E-state index in [-0.39, 0.29) is 23.3 Å². The van der Waals surface area contributed by atoms with E-state index in [0.717, 1.165) is 5.56 Å². The molecule has 0 aliphatic rings. The van der Waals surface area contributed by atoms with Gasteiger partial charge in [0.15, 0.2) is 16.5 Å². The average molecular weight is 476 g/mol. The summed E-state index contributed by atoms with van der Waals surface area (Å²) in [7, 11) is -5.63. The molecule has 0 amide bonds. The fourth-order valence-electron chi connectivity index (χ4n) is 3.24. The van der Waals surface area contributed by atoms with E-state index in [9.17, 15) is 30.8 Å². The number of carbonyl (C=O) groups excluding carboxylic acids is 1. The third-order valence-electron chi connectivity index (χ3n) is 4.97. The summed E-state index contributed by atoms with van der Waals surface area (Å²) in [5.41, 5.74) is 1.95. The van der Waals surface area contributed by atoms with Gasteiger partial charge in [0.25, 0.3) is 0 Å². The maximum absolute atomic E-state index is 14.4. The molecule has 2 aromatic rings. The molecule has 0 fully saturated rings. The Bertz CT molecular complexity index is 1110. The first-order valence-electron chi connectivity index (χ1n) is 9.82. The molecule has 176 valence electrons. The number of benzene rings is 2. The van der Waals surface area contributed by atoms with E-state index in [4.69, 9.17) is 9.29 Å². The fourth-order valence-corrected chi connectivity index (χ4v) is 3.87. The minimum Gasteiger partial charge on any atom is -0.416 e. The summed E-state index contributed by atoms with van der Waals surface area (Å²) >= 11 is 0. The first-order chi connectivity index (χ1) is 14.6. The summed E-state index contributed by atoms with van der Waals surface area (Å²) in [5, 5.41) is 0. The first kappa shape index (κ1) is 25.8. The van der Waals surface area contributed by atoms with Gasteiger partial charge in [-0.25, -0.2) is 13.6 Å². The number of carbonyl (C=O) groups is 1. The molecule has 32 heavy (non-hydrogen) atoms. The lowest BCUT2D eigenvalue weighted by Crippen LogP contribution is -2.19. The average Bonchev–Trinajstić information content (AvgIpc) is 2.67. The van der Waals surface area contributed by atoms with Crippen molar-refractivity contribution in [2.75, 3.05) is 0 Å². The number of hydrogen-bond acceptors (Lipinski definition) is 4. The molecular formula is C22H24F4O5S. The smallest absolute Gasteiger partial charge is 0.344 e. The van der Waals surface area contributed by atoms with Crippen LogP contribution in [0.15, 0.2) is 17.0 Å². The van der Waals surface area contributed by atoms with Crippen LogP contribution in [0.25, 0.3) is 0 Å². The van der Waals surface area contributed by atoms with Crippen LogP contribution in [-0.4, -0.2) is 18.9 Å². The van der Waals surface area contributed by atoms with Gasteiger partial charge in [0.1, 0.15) is 0 Å². The second-order valence-electron chi connectivity index (χ2n) is 8.32. The van der Waals surface area contributed by atoms with Gasteiger partial charge in [-0.15, -0.1) is 0 Å². The van der Waals surface area contributed by atoms with Crippen molar-refractivity contribution < 1.29 is 40.1 Å². The standard InChI is InChI=1S/C22H24F4O5S/c1-9(2)12-7-13(10(3)4)15(14(8-12)11(5)6)22(27)31-20-16(23)18(25)21(32(28,29)30)19(26)17(20)24/h7-11H,1-6H3,(H,28,29,30). The lowest BCUT2D eigenvalue weighted by atomic mass is 9.84. The lowest BCUT2D eigenvalue weighted by Gasteiger charge is -2.22. The van der Waals surface area contributed by atoms with Crippen molar-refractivity contribution >= 4 is 16.1 Å². The van der Waals surface area contributed by atoms with E-state index in [1.54, 1.807) is 39.8 Å². The van der Waals surface area contributed by atoms with Crippen molar-refractivity contribution in [2.24, 2.45) is 0 Å². The van der Waals surface area contributed by atoms with Gasteiger partial charge in [-0.2, -0.15) is 17.2 Å². The molecule has 0 saturated carbocycles. The Morgan fingerprint density at radius 2 is 1.22 bits per heavy atom. The van der Waals surface area contributed by atoms with Gasteiger partial charge in [-0.1, -0.05) is 53.7 Å². The molecule has 0 aromatic heterocycles. The Kier molecular flexibility index (Phi) is 7.41. The molecule has 0 aliphatic heterocycles. The van der Waals surface area contributed by atoms with E-state index in [0.29, 0.717) is 11.1 Å². The van der Waals surface area contributed by atoms with Gasteiger partial charge >= 0.3 is 16.1 Å². The third-order valence-corrected chi connectivity index (χ3v) is 5.85.